The van der Waals surface area contributed by atoms with Crippen molar-refractivity contribution in [1.82, 2.24) is 0 Å². The van der Waals surface area contributed by atoms with E-state index < -0.39 is 11.9 Å². The highest BCUT2D eigenvalue weighted by Gasteiger charge is 2.32. The highest BCUT2D eigenvalue weighted by molar-refractivity contribution is 5.33. The van der Waals surface area contributed by atoms with Crippen LogP contribution in [0.15, 0.2) is 42.5 Å². The quantitative estimate of drug-likeness (QED) is 0.717. The molecule has 5 heteroatoms. The molecule has 0 saturated carbocycles. The van der Waals surface area contributed by atoms with Crippen LogP contribution in [0.3, 0.4) is 0 Å². The molecular weight excluding hydrogens is 315 g/mol. The second-order valence-electron chi connectivity index (χ2n) is 5.49. The minimum Gasteiger partial charge on any atom is -0.316 e. The lowest BCUT2D eigenvalue weighted by Crippen LogP contribution is -2.19. The predicted octanol–water partition coefficient (Wildman–Crippen LogP) is 4.96. The van der Waals surface area contributed by atoms with Crippen molar-refractivity contribution in [2.45, 2.75) is 32.3 Å². The van der Waals surface area contributed by atoms with E-state index >= 15 is 0 Å². The first-order chi connectivity index (χ1) is 11.5. The zero-order chi connectivity index (χ0) is 17.6. The van der Waals surface area contributed by atoms with Crippen molar-refractivity contribution < 1.29 is 17.9 Å². The van der Waals surface area contributed by atoms with Gasteiger partial charge in [-0.15, -0.1) is 0 Å². The van der Waals surface area contributed by atoms with Crippen LogP contribution in [0.2, 0.25) is 0 Å². The molecule has 0 saturated heterocycles. The van der Waals surface area contributed by atoms with Gasteiger partial charge in [0.1, 0.15) is 11.9 Å². The summed E-state index contributed by atoms with van der Waals surface area (Å²) in [4.78, 5) is 0. The Balaban J connectivity index is 1.94. The standard InChI is InChI=1S/C19H18F3NO/c1-2-3-14-5-8-17(9-6-14)19(21,22)24-11-10-15-4-7-16(13-23)18(20)12-15/h4-9,12H,2-3,10-11H2,1H3. The predicted molar refractivity (Wildman–Crippen MR) is 85.1 cm³/mol. The summed E-state index contributed by atoms with van der Waals surface area (Å²) < 4.78 is 46.2. The number of nitriles is 1. The Kier molecular flexibility index (Phi) is 5.99. The molecule has 24 heavy (non-hydrogen) atoms. The van der Waals surface area contributed by atoms with Crippen LogP contribution >= 0.6 is 0 Å². The molecule has 0 aliphatic rings. The SMILES string of the molecule is CCCc1ccc(C(F)(F)OCCc2ccc(C#N)c(F)c2)cc1. The molecule has 0 fully saturated rings. The average molecular weight is 333 g/mol. The molecule has 2 rings (SSSR count). The Hall–Kier alpha value is -2.32. The highest BCUT2D eigenvalue weighted by atomic mass is 19.3. The number of rotatable bonds is 7. The summed E-state index contributed by atoms with van der Waals surface area (Å²) in [5.74, 6) is -0.659. The van der Waals surface area contributed by atoms with Gasteiger partial charge in [0.15, 0.2) is 0 Å². The minimum absolute atomic E-state index is 0.0721. The van der Waals surface area contributed by atoms with Crippen LogP contribution in [0.25, 0.3) is 0 Å². The van der Waals surface area contributed by atoms with E-state index in [-0.39, 0.29) is 24.2 Å². The highest BCUT2D eigenvalue weighted by Crippen LogP contribution is 2.29. The van der Waals surface area contributed by atoms with Crippen molar-refractivity contribution >= 4 is 0 Å². The third kappa shape index (κ3) is 4.59. The van der Waals surface area contributed by atoms with E-state index in [0.29, 0.717) is 5.56 Å². The molecule has 0 aliphatic heterocycles. The first-order valence-corrected chi connectivity index (χ1v) is 7.76. The fourth-order valence-electron chi connectivity index (χ4n) is 2.34. The average Bonchev–Trinajstić information content (AvgIpc) is 2.56. The molecule has 0 unspecified atom stereocenters. The van der Waals surface area contributed by atoms with Crippen molar-refractivity contribution in [2.24, 2.45) is 0 Å². The summed E-state index contributed by atoms with van der Waals surface area (Å²) >= 11 is 0. The molecule has 0 radical (unpaired) electrons. The lowest BCUT2D eigenvalue weighted by molar-refractivity contribution is -0.248. The molecular formula is C19H18F3NO. The van der Waals surface area contributed by atoms with Gasteiger partial charge >= 0.3 is 6.11 Å². The Morgan fingerprint density at radius 3 is 2.29 bits per heavy atom. The van der Waals surface area contributed by atoms with Crippen molar-refractivity contribution in [3.63, 3.8) is 0 Å². The van der Waals surface area contributed by atoms with Crippen LogP contribution < -0.4 is 0 Å². The number of benzene rings is 2. The summed E-state index contributed by atoms with van der Waals surface area (Å²) in [7, 11) is 0. The first kappa shape index (κ1) is 18.0. The van der Waals surface area contributed by atoms with Crippen molar-refractivity contribution in [2.75, 3.05) is 6.61 Å². The summed E-state index contributed by atoms with van der Waals surface area (Å²) in [6, 6.07) is 11.8. The van der Waals surface area contributed by atoms with E-state index in [1.807, 2.05) is 6.92 Å². The third-order valence-corrected chi connectivity index (χ3v) is 3.66. The molecule has 126 valence electrons. The van der Waals surface area contributed by atoms with Gasteiger partial charge < -0.3 is 4.74 Å². The molecule has 2 nitrogen and oxygen atoms in total. The molecule has 0 aromatic heterocycles. The largest absolute Gasteiger partial charge is 0.383 e. The lowest BCUT2D eigenvalue weighted by atomic mass is 10.1. The summed E-state index contributed by atoms with van der Waals surface area (Å²) in [5.41, 5.74) is 1.23. The van der Waals surface area contributed by atoms with Gasteiger partial charge in [0.2, 0.25) is 0 Å². The van der Waals surface area contributed by atoms with Crippen LogP contribution in [0, 0.1) is 17.1 Å². The molecule has 0 atom stereocenters. The maximum Gasteiger partial charge on any atom is 0.383 e. The third-order valence-electron chi connectivity index (χ3n) is 3.66. The number of aryl methyl sites for hydroxylation is 1. The molecule has 0 heterocycles. The molecule has 0 N–H and O–H groups in total. The topological polar surface area (TPSA) is 33.0 Å². The fraction of sp³-hybridized carbons (Fsp3) is 0.316. The second-order valence-corrected chi connectivity index (χ2v) is 5.49. The van der Waals surface area contributed by atoms with Crippen molar-refractivity contribution in [3.05, 3.63) is 70.5 Å². The minimum atomic E-state index is -3.39. The Morgan fingerprint density at radius 2 is 1.71 bits per heavy atom. The smallest absolute Gasteiger partial charge is 0.316 e. The summed E-state index contributed by atoms with van der Waals surface area (Å²) in [5, 5.41) is 8.66. The van der Waals surface area contributed by atoms with Crippen LogP contribution in [0.1, 0.15) is 35.6 Å². The van der Waals surface area contributed by atoms with Gasteiger partial charge in [0.25, 0.3) is 0 Å². The molecule has 2 aromatic carbocycles. The van der Waals surface area contributed by atoms with Gasteiger partial charge in [-0.3, -0.25) is 0 Å². The van der Waals surface area contributed by atoms with Gasteiger partial charge in [-0.05, 0) is 36.1 Å². The number of alkyl halides is 2. The van der Waals surface area contributed by atoms with Crippen LogP contribution in [0.4, 0.5) is 13.2 Å². The van der Waals surface area contributed by atoms with Crippen LogP contribution in [-0.4, -0.2) is 6.61 Å². The summed E-state index contributed by atoms with van der Waals surface area (Å²) in [6.45, 7) is 1.77. The molecule has 2 aromatic rings. The van der Waals surface area contributed by atoms with Crippen LogP contribution in [0.5, 0.6) is 0 Å². The normalized spacial score (nSPS) is 11.3. The maximum atomic E-state index is 14.0. The summed E-state index contributed by atoms with van der Waals surface area (Å²) in [6.07, 6.45) is -1.47. The number of ether oxygens (including phenoxy) is 1. The Labute approximate surface area is 139 Å². The van der Waals surface area contributed by atoms with Crippen LogP contribution in [-0.2, 0) is 23.7 Å². The Bertz CT molecular complexity index is 720. The molecule has 0 bridgehead atoms. The van der Waals surface area contributed by atoms with E-state index in [1.54, 1.807) is 18.2 Å². The number of nitrogens with zero attached hydrogens (tertiary/aromatic N) is 1. The number of halogens is 3. The van der Waals surface area contributed by atoms with E-state index in [9.17, 15) is 13.2 Å². The van der Waals surface area contributed by atoms with Gasteiger partial charge in [0, 0.05) is 0 Å². The van der Waals surface area contributed by atoms with Gasteiger partial charge in [-0.1, -0.05) is 43.7 Å². The number of hydrogen-bond donors (Lipinski definition) is 0. The van der Waals surface area contributed by atoms with E-state index in [1.165, 1.54) is 30.3 Å². The van der Waals surface area contributed by atoms with E-state index in [0.717, 1.165) is 18.4 Å². The van der Waals surface area contributed by atoms with Gasteiger partial charge in [-0.2, -0.15) is 14.0 Å². The molecule has 0 aliphatic carbocycles. The number of hydrogen-bond acceptors (Lipinski definition) is 2. The zero-order valence-corrected chi connectivity index (χ0v) is 13.4. The van der Waals surface area contributed by atoms with Gasteiger partial charge in [-0.25, -0.2) is 4.39 Å². The Morgan fingerprint density at radius 1 is 1.04 bits per heavy atom. The molecule has 0 spiro atoms. The van der Waals surface area contributed by atoms with E-state index in [2.05, 4.69) is 0 Å². The maximum absolute atomic E-state index is 14.0. The van der Waals surface area contributed by atoms with Crippen molar-refractivity contribution in [1.29, 1.82) is 5.26 Å². The van der Waals surface area contributed by atoms with Crippen molar-refractivity contribution in [3.8, 4) is 6.07 Å². The molecule has 0 amide bonds. The fourth-order valence-corrected chi connectivity index (χ4v) is 2.34. The van der Waals surface area contributed by atoms with Gasteiger partial charge in [0.05, 0.1) is 17.7 Å². The van der Waals surface area contributed by atoms with E-state index in [4.69, 9.17) is 10.00 Å². The monoisotopic (exact) mass is 333 g/mol. The first-order valence-electron chi connectivity index (χ1n) is 7.76. The lowest BCUT2D eigenvalue weighted by Gasteiger charge is -2.17. The second kappa shape index (κ2) is 7.98. The zero-order valence-electron chi connectivity index (χ0n) is 13.4.